The number of anilines is 1. The predicted octanol–water partition coefficient (Wildman–Crippen LogP) is 5.90. The first-order valence-corrected chi connectivity index (χ1v) is 12.8. The molecule has 5 heterocycles. The summed E-state index contributed by atoms with van der Waals surface area (Å²) in [6.07, 6.45) is 8.88. The highest BCUT2D eigenvalue weighted by molar-refractivity contribution is 5.97. The molecule has 11 heteroatoms. The average molecular weight is 537 g/mol. The molecule has 10 nitrogen and oxygen atoms in total. The lowest BCUT2D eigenvalue weighted by Crippen LogP contribution is -2.11. The number of hydrogen-bond acceptors (Lipinski definition) is 7. The molecule has 0 saturated carbocycles. The Morgan fingerprint density at radius 2 is 1.98 bits per heavy atom. The highest BCUT2D eigenvalue weighted by Crippen LogP contribution is 2.33. The van der Waals surface area contributed by atoms with Gasteiger partial charge in [0.1, 0.15) is 22.8 Å². The minimum atomic E-state index is -0.410. The normalized spacial score (nSPS) is 11.3. The fourth-order valence-corrected chi connectivity index (χ4v) is 4.56. The van der Waals surface area contributed by atoms with Crippen LogP contribution in [0.1, 0.15) is 26.2 Å². The number of halogens is 1. The van der Waals surface area contributed by atoms with E-state index >= 15 is 0 Å². The third-order valence-electron chi connectivity index (χ3n) is 6.55. The second-order valence-corrected chi connectivity index (χ2v) is 9.32. The fraction of sp³-hybridized carbons (Fsp3) is 0.172. The van der Waals surface area contributed by atoms with Crippen LogP contribution < -0.4 is 10.1 Å². The van der Waals surface area contributed by atoms with Gasteiger partial charge in [0, 0.05) is 41.4 Å². The summed E-state index contributed by atoms with van der Waals surface area (Å²) in [4.78, 5) is 33.5. The molecular weight excluding hydrogens is 511 g/mol. The van der Waals surface area contributed by atoms with Gasteiger partial charge in [-0.3, -0.25) is 19.9 Å². The Morgan fingerprint density at radius 1 is 1.07 bits per heavy atom. The van der Waals surface area contributed by atoms with Gasteiger partial charge in [0.2, 0.25) is 5.91 Å². The van der Waals surface area contributed by atoms with Gasteiger partial charge in [-0.1, -0.05) is 13.3 Å². The first-order valence-electron chi connectivity index (χ1n) is 12.8. The first-order chi connectivity index (χ1) is 19.5. The van der Waals surface area contributed by atoms with Gasteiger partial charge in [0.15, 0.2) is 11.5 Å². The van der Waals surface area contributed by atoms with Gasteiger partial charge >= 0.3 is 0 Å². The molecule has 5 aromatic heterocycles. The largest absolute Gasteiger partial charge is 0.497 e. The molecule has 200 valence electrons. The molecule has 0 unspecified atom stereocenters. The molecule has 0 fully saturated rings. The van der Waals surface area contributed by atoms with Crippen molar-refractivity contribution in [3.63, 3.8) is 0 Å². The second kappa shape index (κ2) is 10.5. The van der Waals surface area contributed by atoms with Crippen molar-refractivity contribution in [3.05, 3.63) is 67.0 Å². The molecule has 6 aromatic rings. The number of hydrogen-bond donors (Lipinski definition) is 3. The fourth-order valence-electron chi connectivity index (χ4n) is 4.56. The van der Waals surface area contributed by atoms with Crippen molar-refractivity contribution in [3.8, 4) is 39.7 Å². The van der Waals surface area contributed by atoms with Gasteiger partial charge in [0.25, 0.3) is 0 Å². The molecule has 3 N–H and O–H groups in total. The van der Waals surface area contributed by atoms with Crippen LogP contribution >= 0.6 is 0 Å². The monoisotopic (exact) mass is 536 g/mol. The Balaban J connectivity index is 1.38. The van der Waals surface area contributed by atoms with E-state index in [1.54, 1.807) is 36.9 Å². The molecule has 0 atom stereocenters. The van der Waals surface area contributed by atoms with Crippen molar-refractivity contribution in [1.29, 1.82) is 0 Å². The number of aromatic nitrogens is 7. The lowest BCUT2D eigenvalue weighted by atomic mass is 10.1. The van der Waals surface area contributed by atoms with Crippen LogP contribution in [0.25, 0.3) is 56.0 Å². The van der Waals surface area contributed by atoms with E-state index in [-0.39, 0.29) is 5.91 Å². The zero-order valence-corrected chi connectivity index (χ0v) is 21.8. The minimum absolute atomic E-state index is 0.0455. The zero-order valence-electron chi connectivity index (χ0n) is 21.8. The number of fused-ring (bicyclic) bond motifs is 2. The van der Waals surface area contributed by atoms with Crippen LogP contribution in [0.5, 0.6) is 5.75 Å². The molecule has 6 rings (SSSR count). The molecule has 0 saturated heterocycles. The van der Waals surface area contributed by atoms with Gasteiger partial charge in [-0.05, 0) is 42.3 Å². The van der Waals surface area contributed by atoms with Gasteiger partial charge in [0.05, 0.1) is 36.4 Å². The molecule has 1 amide bonds. The standard InChI is InChI=1S/C29H25FN8O2/c1-3-4-5-25(39)34-19-9-17(13-31-14-19)23-12-22-24(15-33-23)37-38-27(22)29-35-26-21(6-7-32-28(26)36-29)16-8-18(30)11-20(10-16)40-2/h6-15H,3-5H2,1-2H3,(H,34,39)(H,37,38)(H,32,35,36). The number of carbonyl (C=O) groups is 1. The average Bonchev–Trinajstić information content (AvgIpc) is 3.59. The summed E-state index contributed by atoms with van der Waals surface area (Å²) in [5.74, 6) is 0.452. The summed E-state index contributed by atoms with van der Waals surface area (Å²) in [6.45, 7) is 2.05. The third kappa shape index (κ3) is 4.84. The van der Waals surface area contributed by atoms with Crippen molar-refractivity contribution < 1.29 is 13.9 Å². The minimum Gasteiger partial charge on any atom is -0.497 e. The van der Waals surface area contributed by atoms with E-state index in [4.69, 9.17) is 9.72 Å². The number of H-pyrrole nitrogens is 2. The molecule has 0 spiro atoms. The lowest BCUT2D eigenvalue weighted by molar-refractivity contribution is -0.116. The van der Waals surface area contributed by atoms with Gasteiger partial charge in [-0.2, -0.15) is 5.10 Å². The van der Waals surface area contributed by atoms with Crippen molar-refractivity contribution in [2.45, 2.75) is 26.2 Å². The van der Waals surface area contributed by atoms with Gasteiger partial charge in [-0.15, -0.1) is 0 Å². The number of benzene rings is 1. The van der Waals surface area contributed by atoms with Crippen molar-refractivity contribution >= 4 is 33.7 Å². The SMILES string of the molecule is CCCCC(=O)Nc1cncc(-c2cc3c(-c4nc5c(-c6cc(F)cc(OC)c6)ccnc5[nH]4)n[nH]c3cn2)c1. The Bertz CT molecular complexity index is 1860. The van der Waals surface area contributed by atoms with Gasteiger partial charge < -0.3 is 15.0 Å². The maximum absolute atomic E-state index is 14.2. The Kier molecular flexibility index (Phi) is 6.61. The Labute approximate surface area is 228 Å². The number of amides is 1. The molecule has 40 heavy (non-hydrogen) atoms. The second-order valence-electron chi connectivity index (χ2n) is 9.32. The molecule has 0 bridgehead atoms. The van der Waals surface area contributed by atoms with E-state index in [1.165, 1.54) is 19.2 Å². The predicted molar refractivity (Wildman–Crippen MR) is 150 cm³/mol. The van der Waals surface area contributed by atoms with Crippen molar-refractivity contribution in [2.24, 2.45) is 0 Å². The number of unbranched alkanes of at least 4 members (excludes halogenated alkanes) is 1. The van der Waals surface area contributed by atoms with Crippen LogP contribution in [0.2, 0.25) is 0 Å². The maximum Gasteiger partial charge on any atom is 0.224 e. The summed E-state index contributed by atoms with van der Waals surface area (Å²) in [5.41, 5.74) is 5.76. The van der Waals surface area contributed by atoms with E-state index < -0.39 is 5.82 Å². The van der Waals surface area contributed by atoms with E-state index in [9.17, 15) is 9.18 Å². The van der Waals surface area contributed by atoms with Crippen LogP contribution in [-0.4, -0.2) is 48.1 Å². The van der Waals surface area contributed by atoms with Crippen molar-refractivity contribution in [2.75, 3.05) is 12.4 Å². The number of pyridine rings is 3. The highest BCUT2D eigenvalue weighted by Gasteiger charge is 2.18. The summed E-state index contributed by atoms with van der Waals surface area (Å²) >= 11 is 0. The van der Waals surface area contributed by atoms with E-state index in [2.05, 4.69) is 35.5 Å². The van der Waals surface area contributed by atoms with Crippen LogP contribution in [0, 0.1) is 5.82 Å². The summed E-state index contributed by atoms with van der Waals surface area (Å²) in [5, 5.41) is 11.2. The number of ether oxygens (including phenoxy) is 1. The molecule has 0 aliphatic carbocycles. The van der Waals surface area contributed by atoms with E-state index in [1.807, 2.05) is 19.1 Å². The van der Waals surface area contributed by atoms with E-state index in [0.717, 1.165) is 29.3 Å². The molecule has 0 aliphatic rings. The molecule has 0 radical (unpaired) electrons. The van der Waals surface area contributed by atoms with Crippen molar-refractivity contribution in [1.82, 2.24) is 35.1 Å². The number of aromatic amines is 2. The quantitative estimate of drug-likeness (QED) is 0.220. The topological polar surface area (TPSA) is 134 Å². The number of rotatable bonds is 8. The van der Waals surface area contributed by atoms with Crippen LogP contribution in [0.3, 0.4) is 0 Å². The smallest absolute Gasteiger partial charge is 0.224 e. The lowest BCUT2D eigenvalue weighted by Gasteiger charge is -2.07. The van der Waals surface area contributed by atoms with E-state index in [0.29, 0.717) is 57.4 Å². The Hall–Kier alpha value is -5.19. The number of imidazole rings is 1. The summed E-state index contributed by atoms with van der Waals surface area (Å²) in [6, 6.07) is 10.0. The number of carbonyl (C=O) groups excluding carboxylic acids is 1. The van der Waals surface area contributed by atoms with Crippen LogP contribution in [0.4, 0.5) is 10.1 Å². The number of nitrogens with one attached hydrogen (secondary N) is 3. The molecular formula is C29H25FN8O2. The van der Waals surface area contributed by atoms with Crippen LogP contribution in [0.15, 0.2) is 61.2 Å². The molecule has 0 aliphatic heterocycles. The maximum atomic E-state index is 14.2. The zero-order chi connectivity index (χ0) is 27.6. The summed E-state index contributed by atoms with van der Waals surface area (Å²) in [7, 11) is 1.50. The first kappa shape index (κ1) is 25.1. The highest BCUT2D eigenvalue weighted by atomic mass is 19.1. The third-order valence-corrected chi connectivity index (χ3v) is 6.55. The Morgan fingerprint density at radius 3 is 2.83 bits per heavy atom. The van der Waals surface area contributed by atoms with Crippen LogP contribution in [-0.2, 0) is 4.79 Å². The number of methoxy groups -OCH3 is 1. The molecule has 1 aromatic carbocycles. The summed E-state index contributed by atoms with van der Waals surface area (Å²) < 4.78 is 19.5. The number of nitrogens with zero attached hydrogens (tertiary/aromatic N) is 5. The van der Waals surface area contributed by atoms with Gasteiger partial charge in [-0.25, -0.2) is 14.4 Å².